The van der Waals surface area contributed by atoms with Gasteiger partial charge in [-0.1, -0.05) is 36.4 Å². The summed E-state index contributed by atoms with van der Waals surface area (Å²) in [5.41, 5.74) is 2.63. The highest BCUT2D eigenvalue weighted by Gasteiger charge is 2.31. The van der Waals surface area contributed by atoms with Gasteiger partial charge in [0.25, 0.3) is 0 Å². The van der Waals surface area contributed by atoms with E-state index < -0.39 is 11.7 Å². The van der Waals surface area contributed by atoms with E-state index in [-0.39, 0.29) is 6.04 Å². The van der Waals surface area contributed by atoms with Crippen molar-refractivity contribution in [3.8, 4) is 0 Å². The zero-order valence-electron chi connectivity index (χ0n) is 14.3. The van der Waals surface area contributed by atoms with Crippen LogP contribution in [0.5, 0.6) is 0 Å². The number of fused-ring (bicyclic) bond motifs is 1. The molecule has 0 aliphatic carbocycles. The number of hydrogen-bond donors (Lipinski definition) is 0. The average molecular weight is 346 g/mol. The van der Waals surface area contributed by atoms with Crippen LogP contribution in [-0.2, 0) is 12.6 Å². The second kappa shape index (κ2) is 7.00. The van der Waals surface area contributed by atoms with Crippen molar-refractivity contribution in [3.63, 3.8) is 0 Å². The van der Waals surface area contributed by atoms with Gasteiger partial charge in [0.2, 0.25) is 0 Å². The summed E-state index contributed by atoms with van der Waals surface area (Å²) in [6.07, 6.45) is -2.65. The van der Waals surface area contributed by atoms with Crippen LogP contribution in [0.4, 0.5) is 13.2 Å². The Labute approximate surface area is 146 Å². The molecule has 1 heterocycles. The van der Waals surface area contributed by atoms with Crippen LogP contribution in [0, 0.1) is 0 Å². The van der Waals surface area contributed by atoms with E-state index in [0.29, 0.717) is 11.3 Å². The van der Waals surface area contributed by atoms with E-state index in [1.807, 2.05) is 38.4 Å². The largest absolute Gasteiger partial charge is 0.416 e. The molecule has 1 atom stereocenters. The molecule has 0 fully saturated rings. The summed E-state index contributed by atoms with van der Waals surface area (Å²) >= 11 is 0. The van der Waals surface area contributed by atoms with Crippen molar-refractivity contribution in [2.45, 2.75) is 25.1 Å². The second-order valence-electron chi connectivity index (χ2n) is 6.66. The zero-order chi connectivity index (χ0) is 18.0. The highest BCUT2D eigenvalue weighted by atomic mass is 19.4. The van der Waals surface area contributed by atoms with Crippen LogP contribution in [-0.4, -0.2) is 37.3 Å². The molecule has 1 aliphatic heterocycles. The lowest BCUT2D eigenvalue weighted by atomic mass is 9.89. The molecule has 0 aromatic heterocycles. The van der Waals surface area contributed by atoms with Crippen LogP contribution >= 0.6 is 0 Å². The molecule has 0 saturated heterocycles. The number of halogens is 3. The van der Waals surface area contributed by atoms with Gasteiger partial charge >= 0.3 is 6.18 Å². The van der Waals surface area contributed by atoms with Crippen LogP contribution in [0.3, 0.4) is 0 Å². The molecule has 0 bridgehead atoms. The maximum atomic E-state index is 13.1. The predicted molar refractivity (Wildman–Crippen MR) is 94.2 cm³/mol. The molecule has 2 nitrogen and oxygen atoms in total. The van der Waals surface area contributed by atoms with Gasteiger partial charge in [-0.15, -0.1) is 0 Å². The van der Waals surface area contributed by atoms with Gasteiger partial charge in [0.05, 0.1) is 17.3 Å². The number of alkyl halides is 3. The number of rotatable bonds is 4. The second-order valence-corrected chi connectivity index (χ2v) is 6.66. The van der Waals surface area contributed by atoms with Crippen LogP contribution in [0.1, 0.15) is 28.7 Å². The Hall–Kier alpha value is -2.14. The standard InChI is InChI=1S/C20H21F3N2/c1-25(2)11-10-17-13-14-6-3-4-9-18(14)19(24-17)15-7-5-8-16(12-15)20(21,22)23/h3-9,12,17H,10-11,13H2,1-2H3. The lowest BCUT2D eigenvalue weighted by Gasteiger charge is -2.25. The van der Waals surface area contributed by atoms with Crippen LogP contribution in [0.2, 0.25) is 0 Å². The first-order valence-corrected chi connectivity index (χ1v) is 8.33. The quantitative estimate of drug-likeness (QED) is 0.800. The van der Waals surface area contributed by atoms with E-state index in [1.165, 1.54) is 12.1 Å². The fraction of sp³-hybridized carbons (Fsp3) is 0.350. The van der Waals surface area contributed by atoms with Gasteiger partial charge in [-0.3, -0.25) is 4.99 Å². The molecule has 1 unspecified atom stereocenters. The van der Waals surface area contributed by atoms with Gasteiger partial charge < -0.3 is 4.90 Å². The van der Waals surface area contributed by atoms with E-state index in [4.69, 9.17) is 4.99 Å². The summed E-state index contributed by atoms with van der Waals surface area (Å²) in [6, 6.07) is 13.4. The summed E-state index contributed by atoms with van der Waals surface area (Å²) < 4.78 is 39.2. The van der Waals surface area contributed by atoms with Crippen LogP contribution < -0.4 is 0 Å². The van der Waals surface area contributed by atoms with Crippen LogP contribution in [0.25, 0.3) is 0 Å². The molecule has 0 N–H and O–H groups in total. The Morgan fingerprint density at radius 2 is 1.84 bits per heavy atom. The Bertz CT molecular complexity index is 779. The minimum absolute atomic E-state index is 0.0850. The summed E-state index contributed by atoms with van der Waals surface area (Å²) in [5.74, 6) is 0. The SMILES string of the molecule is CN(C)CCC1Cc2ccccc2C(c2cccc(C(F)(F)F)c2)=N1. The molecule has 5 heteroatoms. The molecule has 132 valence electrons. The van der Waals surface area contributed by atoms with Gasteiger partial charge in [0.15, 0.2) is 0 Å². The first-order valence-electron chi connectivity index (χ1n) is 8.33. The molecule has 2 aromatic rings. The van der Waals surface area contributed by atoms with E-state index in [2.05, 4.69) is 4.90 Å². The lowest BCUT2D eigenvalue weighted by molar-refractivity contribution is -0.137. The molecule has 0 spiro atoms. The van der Waals surface area contributed by atoms with Gasteiger partial charge in [-0.2, -0.15) is 13.2 Å². The van der Waals surface area contributed by atoms with Gasteiger partial charge in [0, 0.05) is 11.1 Å². The Morgan fingerprint density at radius 3 is 2.56 bits per heavy atom. The Morgan fingerprint density at radius 1 is 1.08 bits per heavy atom. The third-order valence-corrected chi connectivity index (χ3v) is 4.41. The van der Waals surface area contributed by atoms with Crippen molar-refractivity contribution in [2.75, 3.05) is 20.6 Å². The van der Waals surface area contributed by atoms with Crippen LogP contribution in [0.15, 0.2) is 53.5 Å². The zero-order valence-corrected chi connectivity index (χ0v) is 14.3. The van der Waals surface area contributed by atoms with Gasteiger partial charge in [0.1, 0.15) is 0 Å². The van der Waals surface area contributed by atoms with E-state index in [9.17, 15) is 13.2 Å². The van der Waals surface area contributed by atoms with E-state index in [0.717, 1.165) is 36.6 Å². The molecular weight excluding hydrogens is 325 g/mol. The fourth-order valence-corrected chi connectivity index (χ4v) is 3.13. The topological polar surface area (TPSA) is 15.6 Å². The third kappa shape index (κ3) is 4.10. The molecule has 1 aliphatic rings. The maximum absolute atomic E-state index is 13.1. The third-order valence-electron chi connectivity index (χ3n) is 4.41. The first-order chi connectivity index (χ1) is 11.8. The summed E-state index contributed by atoms with van der Waals surface area (Å²) in [7, 11) is 4.02. The van der Waals surface area contributed by atoms with Crippen molar-refractivity contribution in [3.05, 3.63) is 70.8 Å². The molecular formula is C20H21F3N2. The molecule has 0 radical (unpaired) electrons. The number of aliphatic imine (C=N–C) groups is 1. The smallest absolute Gasteiger partial charge is 0.309 e. The van der Waals surface area contributed by atoms with Gasteiger partial charge in [-0.25, -0.2) is 0 Å². The minimum Gasteiger partial charge on any atom is -0.309 e. The normalized spacial score (nSPS) is 17.4. The number of benzene rings is 2. The van der Waals surface area contributed by atoms with Crippen molar-refractivity contribution >= 4 is 5.71 Å². The minimum atomic E-state index is -4.35. The lowest BCUT2D eigenvalue weighted by Crippen LogP contribution is -2.26. The summed E-state index contributed by atoms with van der Waals surface area (Å²) in [6.45, 7) is 0.895. The fourth-order valence-electron chi connectivity index (χ4n) is 3.13. The van der Waals surface area contributed by atoms with E-state index in [1.54, 1.807) is 6.07 Å². The van der Waals surface area contributed by atoms with E-state index >= 15 is 0 Å². The molecule has 25 heavy (non-hydrogen) atoms. The predicted octanol–water partition coefficient (Wildman–Crippen LogP) is 4.42. The summed E-state index contributed by atoms with van der Waals surface area (Å²) in [5, 5.41) is 0. The van der Waals surface area contributed by atoms with Crippen molar-refractivity contribution < 1.29 is 13.2 Å². The average Bonchev–Trinajstić information content (AvgIpc) is 2.58. The van der Waals surface area contributed by atoms with Gasteiger partial charge in [-0.05, 0) is 51.2 Å². The van der Waals surface area contributed by atoms with Crippen molar-refractivity contribution in [1.82, 2.24) is 4.90 Å². The Balaban J connectivity index is 2.01. The number of nitrogens with zero attached hydrogens (tertiary/aromatic N) is 2. The monoisotopic (exact) mass is 346 g/mol. The molecule has 3 rings (SSSR count). The Kier molecular flexibility index (Phi) is 4.95. The highest BCUT2D eigenvalue weighted by molar-refractivity contribution is 6.14. The van der Waals surface area contributed by atoms with Crippen molar-refractivity contribution in [1.29, 1.82) is 0 Å². The molecule has 0 amide bonds. The highest BCUT2D eigenvalue weighted by Crippen LogP contribution is 2.31. The van der Waals surface area contributed by atoms with Crippen molar-refractivity contribution in [2.24, 2.45) is 4.99 Å². The molecule has 0 saturated carbocycles. The first kappa shape index (κ1) is 17.7. The maximum Gasteiger partial charge on any atom is 0.416 e. The number of hydrogen-bond acceptors (Lipinski definition) is 2. The summed E-state index contributed by atoms with van der Waals surface area (Å²) in [4.78, 5) is 6.91. The molecule has 2 aromatic carbocycles.